The number of carbonyl (C=O) groups excluding carboxylic acids is 2. The minimum atomic E-state index is 0.0953. The summed E-state index contributed by atoms with van der Waals surface area (Å²) in [7, 11) is 0. The highest BCUT2D eigenvalue weighted by molar-refractivity contribution is 5.94. The molecule has 0 spiro atoms. The molecule has 2 saturated heterocycles. The minimum Gasteiger partial charge on any atom is -0.342 e. The summed E-state index contributed by atoms with van der Waals surface area (Å²) in [6.45, 7) is 2.33. The Morgan fingerprint density at radius 3 is 2.74 bits per heavy atom. The Balaban J connectivity index is 1.22. The van der Waals surface area contributed by atoms with E-state index >= 15 is 0 Å². The summed E-state index contributed by atoms with van der Waals surface area (Å²) in [6, 6.07) is 10.4. The number of nitrogens with one attached hydrogen (secondary N) is 1. The molecule has 1 aromatic heterocycles. The molecule has 6 nitrogen and oxygen atoms in total. The molecule has 2 fully saturated rings. The molecule has 0 radical (unpaired) electrons. The van der Waals surface area contributed by atoms with Crippen molar-refractivity contribution in [2.45, 2.75) is 63.8 Å². The lowest BCUT2D eigenvalue weighted by Crippen LogP contribution is -2.56. The van der Waals surface area contributed by atoms with Gasteiger partial charge in [0.25, 0.3) is 5.91 Å². The molecule has 1 aromatic carbocycles. The summed E-state index contributed by atoms with van der Waals surface area (Å²) in [5, 5.41) is 7.54. The second-order valence-electron chi connectivity index (χ2n) is 9.32. The Morgan fingerprint density at radius 2 is 1.87 bits per heavy atom. The number of carbonyl (C=O) groups is 2. The summed E-state index contributed by atoms with van der Waals surface area (Å²) < 4.78 is 0. The van der Waals surface area contributed by atoms with Gasteiger partial charge >= 0.3 is 0 Å². The van der Waals surface area contributed by atoms with Crippen molar-refractivity contribution in [3.05, 3.63) is 52.8 Å². The molecule has 2 aliphatic heterocycles. The summed E-state index contributed by atoms with van der Waals surface area (Å²) >= 11 is 0. The molecule has 3 aliphatic rings. The van der Waals surface area contributed by atoms with Crippen molar-refractivity contribution < 1.29 is 9.59 Å². The van der Waals surface area contributed by atoms with Crippen molar-refractivity contribution in [1.29, 1.82) is 0 Å². The Morgan fingerprint density at radius 1 is 1.03 bits per heavy atom. The van der Waals surface area contributed by atoms with E-state index in [2.05, 4.69) is 27.2 Å². The van der Waals surface area contributed by atoms with Crippen LogP contribution in [0.3, 0.4) is 0 Å². The van der Waals surface area contributed by atoms with Gasteiger partial charge in [0.15, 0.2) is 5.69 Å². The van der Waals surface area contributed by atoms with Gasteiger partial charge in [-0.05, 0) is 62.8 Å². The number of H-pyrrole nitrogens is 1. The van der Waals surface area contributed by atoms with Crippen molar-refractivity contribution in [1.82, 2.24) is 20.0 Å². The van der Waals surface area contributed by atoms with Crippen LogP contribution in [0.4, 0.5) is 0 Å². The average Bonchev–Trinajstić information content (AvgIpc) is 3.26. The fourth-order valence-corrected chi connectivity index (χ4v) is 5.73. The molecule has 164 valence electrons. The first-order valence-electron chi connectivity index (χ1n) is 11.9. The molecular formula is C25H32N4O2. The second kappa shape index (κ2) is 8.85. The number of hydrogen-bond donors (Lipinski definition) is 1. The predicted octanol–water partition coefficient (Wildman–Crippen LogP) is 3.37. The van der Waals surface area contributed by atoms with Crippen LogP contribution in [0.5, 0.6) is 0 Å². The minimum absolute atomic E-state index is 0.0953. The van der Waals surface area contributed by atoms with E-state index in [0.29, 0.717) is 18.0 Å². The van der Waals surface area contributed by atoms with E-state index in [4.69, 9.17) is 0 Å². The molecule has 1 N–H and O–H groups in total. The topological polar surface area (TPSA) is 69.3 Å². The van der Waals surface area contributed by atoms with E-state index in [1.54, 1.807) is 0 Å². The van der Waals surface area contributed by atoms with E-state index in [0.717, 1.165) is 75.8 Å². The lowest BCUT2D eigenvalue weighted by atomic mass is 9.83. The third-order valence-corrected chi connectivity index (χ3v) is 7.41. The lowest BCUT2D eigenvalue weighted by molar-refractivity contribution is -0.134. The maximum atomic E-state index is 13.4. The largest absolute Gasteiger partial charge is 0.342 e. The summed E-state index contributed by atoms with van der Waals surface area (Å²) in [6.07, 6.45) is 8.59. The maximum Gasteiger partial charge on any atom is 0.274 e. The fraction of sp³-hybridized carbons (Fsp3) is 0.560. The van der Waals surface area contributed by atoms with Gasteiger partial charge in [-0.15, -0.1) is 0 Å². The number of amides is 2. The van der Waals surface area contributed by atoms with Crippen LogP contribution in [0.2, 0.25) is 0 Å². The van der Waals surface area contributed by atoms with E-state index in [1.165, 1.54) is 12.0 Å². The molecule has 2 atom stereocenters. The number of nitrogens with zero attached hydrogens (tertiary/aromatic N) is 3. The molecule has 2 amide bonds. The smallest absolute Gasteiger partial charge is 0.274 e. The third kappa shape index (κ3) is 4.12. The van der Waals surface area contributed by atoms with Crippen LogP contribution >= 0.6 is 0 Å². The van der Waals surface area contributed by atoms with Gasteiger partial charge in [0, 0.05) is 43.4 Å². The van der Waals surface area contributed by atoms with Gasteiger partial charge in [0.05, 0.1) is 0 Å². The fourth-order valence-electron chi connectivity index (χ4n) is 5.73. The number of benzene rings is 1. The summed E-state index contributed by atoms with van der Waals surface area (Å²) in [5.74, 6) is 0.715. The average molecular weight is 421 g/mol. The van der Waals surface area contributed by atoms with Crippen LogP contribution in [0.1, 0.15) is 65.8 Å². The lowest BCUT2D eigenvalue weighted by Gasteiger charge is -2.47. The zero-order chi connectivity index (χ0) is 21.2. The molecule has 0 bridgehead atoms. The first kappa shape index (κ1) is 20.3. The monoisotopic (exact) mass is 420 g/mol. The van der Waals surface area contributed by atoms with Gasteiger partial charge in [0.2, 0.25) is 5.91 Å². The van der Waals surface area contributed by atoms with Crippen LogP contribution in [0.15, 0.2) is 30.3 Å². The summed E-state index contributed by atoms with van der Waals surface area (Å²) in [4.78, 5) is 30.4. The van der Waals surface area contributed by atoms with E-state index in [1.807, 2.05) is 23.1 Å². The number of fused-ring (bicyclic) bond motifs is 2. The number of aromatic amines is 1. The molecule has 1 aliphatic carbocycles. The van der Waals surface area contributed by atoms with Crippen molar-refractivity contribution in [3.63, 3.8) is 0 Å². The van der Waals surface area contributed by atoms with Crippen LogP contribution < -0.4 is 0 Å². The number of likely N-dealkylation sites (tertiary alicyclic amines) is 2. The Hall–Kier alpha value is -2.63. The number of piperidine rings is 2. The zero-order valence-electron chi connectivity index (χ0n) is 18.2. The SMILES string of the molecule is O=C(CCc1ccccc1)N1CC[C@@H]2[C@H](CCCN2C(=O)c2n[nH]c3c2CCCC3)C1. The Labute approximate surface area is 184 Å². The zero-order valence-corrected chi connectivity index (χ0v) is 18.2. The summed E-state index contributed by atoms with van der Waals surface area (Å²) in [5.41, 5.74) is 4.16. The van der Waals surface area contributed by atoms with Crippen molar-refractivity contribution in [2.24, 2.45) is 5.92 Å². The van der Waals surface area contributed by atoms with Gasteiger partial charge < -0.3 is 9.80 Å². The van der Waals surface area contributed by atoms with E-state index in [-0.39, 0.29) is 17.9 Å². The number of rotatable bonds is 4. The highest BCUT2D eigenvalue weighted by atomic mass is 16.2. The quantitative estimate of drug-likeness (QED) is 0.824. The molecule has 6 heteroatoms. The van der Waals surface area contributed by atoms with Gasteiger partial charge in [-0.1, -0.05) is 30.3 Å². The van der Waals surface area contributed by atoms with Crippen LogP contribution in [-0.4, -0.2) is 57.5 Å². The molecule has 0 saturated carbocycles. The maximum absolute atomic E-state index is 13.4. The number of hydrogen-bond acceptors (Lipinski definition) is 3. The highest BCUT2D eigenvalue weighted by Crippen LogP contribution is 2.33. The molecule has 0 unspecified atom stereocenters. The molecule has 31 heavy (non-hydrogen) atoms. The molecule has 3 heterocycles. The second-order valence-corrected chi connectivity index (χ2v) is 9.32. The predicted molar refractivity (Wildman–Crippen MR) is 119 cm³/mol. The van der Waals surface area contributed by atoms with Crippen LogP contribution in [0.25, 0.3) is 0 Å². The van der Waals surface area contributed by atoms with Gasteiger partial charge in [-0.3, -0.25) is 14.7 Å². The molecular weight excluding hydrogens is 388 g/mol. The van der Waals surface area contributed by atoms with Crippen molar-refractivity contribution in [2.75, 3.05) is 19.6 Å². The first-order chi connectivity index (χ1) is 15.2. The van der Waals surface area contributed by atoms with E-state index in [9.17, 15) is 9.59 Å². The van der Waals surface area contributed by atoms with Crippen molar-refractivity contribution in [3.8, 4) is 0 Å². The van der Waals surface area contributed by atoms with Gasteiger partial charge in [-0.2, -0.15) is 5.10 Å². The Kier molecular flexibility index (Phi) is 5.79. The first-order valence-corrected chi connectivity index (χ1v) is 11.9. The standard InChI is InChI=1S/C25H32N4O2/c30-23(13-12-18-7-2-1-3-8-18)28-16-14-22-19(17-28)9-6-15-29(22)25(31)24-20-10-4-5-11-21(20)26-27-24/h1-3,7-8,19,22H,4-6,9-17H2,(H,26,27)/t19-,22-/m1/s1. The Bertz CT molecular complexity index is 938. The molecule has 5 rings (SSSR count). The number of aromatic nitrogens is 2. The van der Waals surface area contributed by atoms with Crippen molar-refractivity contribution >= 4 is 11.8 Å². The number of aryl methyl sites for hydroxylation is 2. The highest BCUT2D eigenvalue weighted by Gasteiger charge is 2.40. The van der Waals surface area contributed by atoms with Crippen LogP contribution in [0, 0.1) is 5.92 Å². The normalized spacial score (nSPS) is 23.2. The van der Waals surface area contributed by atoms with Crippen LogP contribution in [-0.2, 0) is 24.1 Å². The van der Waals surface area contributed by atoms with Gasteiger partial charge in [0.1, 0.15) is 0 Å². The molecule has 2 aromatic rings. The van der Waals surface area contributed by atoms with E-state index < -0.39 is 0 Å². The van der Waals surface area contributed by atoms with Gasteiger partial charge in [-0.25, -0.2) is 0 Å². The third-order valence-electron chi connectivity index (χ3n) is 7.41.